The Morgan fingerprint density at radius 1 is 1.50 bits per heavy atom. The molecule has 0 radical (unpaired) electrons. The van der Waals surface area contributed by atoms with Crippen LogP contribution in [0.4, 0.5) is 0 Å². The zero-order valence-corrected chi connectivity index (χ0v) is 5.90. The summed E-state index contributed by atoms with van der Waals surface area (Å²) in [5, 5.41) is 0. The number of hydrogen-bond acceptors (Lipinski definition) is 2. The molecule has 0 fully saturated rings. The van der Waals surface area contributed by atoms with Gasteiger partial charge < -0.3 is 0 Å². The number of rotatable bonds is 0. The lowest BCUT2D eigenvalue weighted by Crippen LogP contribution is -2.11. The Labute approximate surface area is 53.9 Å². The van der Waals surface area contributed by atoms with Crippen molar-refractivity contribution in [3.8, 4) is 0 Å². The first-order valence-corrected chi connectivity index (χ1v) is 3.46. The zero-order chi connectivity index (χ0) is 6.04. The Balaban J connectivity index is 2.65. The zero-order valence-electron chi connectivity index (χ0n) is 5.09. The predicted molar refractivity (Wildman–Crippen MR) is 39.3 cm³/mol. The quantitative estimate of drug-likeness (QED) is 0.485. The third-order valence-electron chi connectivity index (χ3n) is 0.979. The van der Waals surface area contributed by atoms with E-state index in [1.165, 1.54) is 0 Å². The predicted octanol–water partition coefficient (Wildman–Crippen LogP) is 2.05. The van der Waals surface area contributed by atoms with Crippen LogP contribution in [0.3, 0.4) is 0 Å². The maximum atomic E-state index is 3.93. The van der Waals surface area contributed by atoms with Gasteiger partial charge in [0.15, 0.2) is 0 Å². The molecule has 1 aliphatic heterocycles. The topological polar surface area (TPSA) is 12.4 Å². The van der Waals surface area contributed by atoms with Gasteiger partial charge in [0, 0.05) is 10.9 Å². The summed E-state index contributed by atoms with van der Waals surface area (Å²) in [6.45, 7) is 4.33. The third-order valence-corrected chi connectivity index (χ3v) is 1.95. The van der Waals surface area contributed by atoms with Crippen molar-refractivity contribution < 1.29 is 0 Å². The Kier molecular flexibility index (Phi) is 1.43. The van der Waals surface area contributed by atoms with E-state index in [9.17, 15) is 0 Å². The molecular weight excluding hydrogens is 118 g/mol. The van der Waals surface area contributed by atoms with Crippen molar-refractivity contribution in [1.29, 1.82) is 0 Å². The van der Waals surface area contributed by atoms with E-state index in [2.05, 4.69) is 24.9 Å². The minimum atomic E-state index is 0.266. The highest BCUT2D eigenvalue weighted by atomic mass is 32.2. The number of thioether (sulfide) groups is 1. The summed E-state index contributed by atoms with van der Waals surface area (Å²) in [5.41, 5.74) is 1.88. The molecule has 0 spiro atoms. The van der Waals surface area contributed by atoms with Gasteiger partial charge in [-0.05, 0) is 13.8 Å². The van der Waals surface area contributed by atoms with Crippen LogP contribution in [0, 0.1) is 0 Å². The van der Waals surface area contributed by atoms with Gasteiger partial charge in [-0.25, -0.2) is 0 Å². The van der Waals surface area contributed by atoms with Gasteiger partial charge in [0.1, 0.15) is 0 Å². The lowest BCUT2D eigenvalue weighted by atomic mass is 10.2. The number of aliphatic imine (C=N–C) groups is 1. The molecule has 1 rings (SSSR count). The summed E-state index contributed by atoms with van der Waals surface area (Å²) >= 11 is 1.74. The van der Waals surface area contributed by atoms with Gasteiger partial charge in [0.25, 0.3) is 0 Å². The van der Waals surface area contributed by atoms with Crippen molar-refractivity contribution >= 4 is 17.3 Å². The molecule has 0 aromatic carbocycles. The highest BCUT2D eigenvalue weighted by molar-refractivity contribution is 8.13. The molecule has 0 bridgehead atoms. The van der Waals surface area contributed by atoms with Crippen LogP contribution in [0.5, 0.6) is 0 Å². The number of hydrogen-bond donors (Lipinski definition) is 0. The van der Waals surface area contributed by atoms with Gasteiger partial charge in [-0.2, -0.15) is 0 Å². The Hall–Kier alpha value is -0.240. The Bertz CT molecular complexity index is 135. The summed E-state index contributed by atoms with van der Waals surface area (Å²) < 4.78 is 0.266. The van der Waals surface area contributed by atoms with Crippen LogP contribution < -0.4 is 0 Å². The second-order valence-corrected chi connectivity index (χ2v) is 3.79. The molecule has 1 nitrogen and oxygen atoms in total. The average Bonchev–Trinajstić information content (AvgIpc) is 1.65. The second kappa shape index (κ2) is 1.94. The Morgan fingerprint density at radius 3 is 2.50 bits per heavy atom. The van der Waals surface area contributed by atoms with E-state index in [1.54, 1.807) is 11.8 Å². The van der Waals surface area contributed by atoms with Crippen LogP contribution in [0.2, 0.25) is 0 Å². The number of nitrogens with zero attached hydrogens (tertiary/aromatic N) is 1. The van der Waals surface area contributed by atoms with Crippen molar-refractivity contribution in [3.05, 3.63) is 12.3 Å². The molecule has 0 aromatic rings. The van der Waals surface area contributed by atoms with Crippen molar-refractivity contribution in [2.75, 3.05) is 0 Å². The van der Waals surface area contributed by atoms with E-state index in [0.29, 0.717) is 0 Å². The molecule has 1 aliphatic rings. The van der Waals surface area contributed by atoms with Crippen molar-refractivity contribution in [2.24, 2.45) is 4.99 Å². The molecule has 0 N–H and O–H groups in total. The molecule has 8 heavy (non-hydrogen) atoms. The van der Waals surface area contributed by atoms with Gasteiger partial charge in [0.2, 0.25) is 0 Å². The minimum Gasteiger partial charge on any atom is -0.258 e. The van der Waals surface area contributed by atoms with Crippen LogP contribution in [0.25, 0.3) is 0 Å². The van der Waals surface area contributed by atoms with Crippen molar-refractivity contribution in [1.82, 2.24) is 0 Å². The normalized spacial score (nSPS) is 23.8. The first-order valence-electron chi connectivity index (χ1n) is 2.58. The second-order valence-electron chi connectivity index (χ2n) is 2.29. The van der Waals surface area contributed by atoms with E-state index in [4.69, 9.17) is 0 Å². The first kappa shape index (κ1) is 5.89. The molecule has 0 aliphatic carbocycles. The van der Waals surface area contributed by atoms with E-state index in [1.807, 2.05) is 11.7 Å². The fraction of sp³-hybridized carbons (Fsp3) is 0.500. The van der Waals surface area contributed by atoms with Gasteiger partial charge in [-0.1, -0.05) is 6.08 Å². The highest BCUT2D eigenvalue weighted by Gasteiger charge is 2.13. The molecule has 0 aromatic heterocycles. The molecule has 1 heterocycles. The van der Waals surface area contributed by atoms with Crippen LogP contribution in [-0.2, 0) is 0 Å². The van der Waals surface area contributed by atoms with Gasteiger partial charge in [-0.15, -0.1) is 11.8 Å². The van der Waals surface area contributed by atoms with Crippen LogP contribution in [0.15, 0.2) is 17.3 Å². The summed E-state index contributed by atoms with van der Waals surface area (Å²) in [6, 6.07) is 0. The SMILES string of the molecule is CC1(C)C=CN=CS1. The van der Waals surface area contributed by atoms with E-state index in [-0.39, 0.29) is 4.75 Å². The molecule has 0 saturated carbocycles. The van der Waals surface area contributed by atoms with E-state index >= 15 is 0 Å². The summed E-state index contributed by atoms with van der Waals surface area (Å²) in [6.07, 6.45) is 3.94. The lowest BCUT2D eigenvalue weighted by Gasteiger charge is -2.17. The van der Waals surface area contributed by atoms with Gasteiger partial charge in [-0.3, -0.25) is 4.99 Å². The smallest absolute Gasteiger partial charge is 0.0604 e. The summed E-state index contributed by atoms with van der Waals surface area (Å²) in [4.78, 5) is 3.93. The molecule has 44 valence electrons. The largest absolute Gasteiger partial charge is 0.258 e. The highest BCUT2D eigenvalue weighted by Crippen LogP contribution is 2.25. The average molecular weight is 127 g/mol. The minimum absolute atomic E-state index is 0.266. The molecule has 2 heteroatoms. The van der Waals surface area contributed by atoms with E-state index < -0.39 is 0 Å². The molecule has 0 unspecified atom stereocenters. The Morgan fingerprint density at radius 2 is 2.25 bits per heavy atom. The van der Waals surface area contributed by atoms with Crippen molar-refractivity contribution in [3.63, 3.8) is 0 Å². The molecule has 0 amide bonds. The maximum Gasteiger partial charge on any atom is 0.0604 e. The van der Waals surface area contributed by atoms with Crippen molar-refractivity contribution in [2.45, 2.75) is 18.6 Å². The van der Waals surface area contributed by atoms with Gasteiger partial charge in [0.05, 0.1) is 5.55 Å². The summed E-state index contributed by atoms with van der Waals surface area (Å²) in [7, 11) is 0. The van der Waals surface area contributed by atoms with Gasteiger partial charge >= 0.3 is 0 Å². The molecule has 0 saturated heterocycles. The molecule has 0 atom stereocenters. The molecular formula is C6H9NS. The standard InChI is InChI=1S/C6H9NS/c1-6(2)3-4-7-5-8-6/h3-5H,1-2H3. The van der Waals surface area contributed by atoms with Crippen LogP contribution in [-0.4, -0.2) is 10.3 Å². The first-order chi connectivity index (χ1) is 3.71. The maximum absolute atomic E-state index is 3.93. The van der Waals surface area contributed by atoms with E-state index in [0.717, 1.165) is 0 Å². The monoisotopic (exact) mass is 127 g/mol. The third kappa shape index (κ3) is 1.37. The summed E-state index contributed by atoms with van der Waals surface area (Å²) in [5.74, 6) is 0. The van der Waals surface area contributed by atoms with Crippen LogP contribution >= 0.6 is 11.8 Å². The fourth-order valence-corrected chi connectivity index (χ4v) is 1.01. The fourth-order valence-electron chi connectivity index (χ4n) is 0.463. The van der Waals surface area contributed by atoms with Crippen LogP contribution in [0.1, 0.15) is 13.8 Å². The lowest BCUT2D eigenvalue weighted by molar-refractivity contribution is 0.899.